The molecule has 0 heterocycles. The Labute approximate surface area is 170 Å². The van der Waals surface area contributed by atoms with Crippen LogP contribution in [0.15, 0.2) is 24.3 Å². The van der Waals surface area contributed by atoms with E-state index in [-0.39, 0.29) is 11.3 Å². The Bertz CT molecular complexity index is 874. The van der Waals surface area contributed by atoms with Crippen molar-refractivity contribution in [3.63, 3.8) is 0 Å². The lowest BCUT2D eigenvalue weighted by molar-refractivity contribution is -0.384. The first kappa shape index (κ1) is 25.1. The van der Waals surface area contributed by atoms with Crippen LogP contribution >= 0.6 is 0 Å². The Morgan fingerprint density at radius 3 is 1.40 bits per heavy atom. The number of hydrogen-bond donors (Lipinski definition) is 0. The molecule has 2 rings (SSSR count). The number of nitro groups is 1. The van der Waals surface area contributed by atoms with Crippen molar-refractivity contribution in [3.05, 3.63) is 63.5 Å². The van der Waals surface area contributed by atoms with E-state index in [0.717, 1.165) is 0 Å². The van der Waals surface area contributed by atoms with Crippen molar-refractivity contribution in [2.24, 2.45) is 0 Å². The molecule has 0 aliphatic carbocycles. The number of nitro benzene ring substituents is 1. The molecule has 0 unspecified atom stereocenters. The lowest BCUT2D eigenvalue weighted by Crippen LogP contribution is -2.25. The number of nitrogens with zero attached hydrogens (tertiary/aromatic N) is 1. The lowest BCUT2D eigenvalue weighted by Gasteiger charge is -2.22. The van der Waals surface area contributed by atoms with Crippen LogP contribution in [0.25, 0.3) is 0 Å². The number of benzene rings is 2. The van der Waals surface area contributed by atoms with Gasteiger partial charge in [-0.05, 0) is 53.7 Å². The minimum Gasteiger partial charge on any atom is -0.488 e. The van der Waals surface area contributed by atoms with Crippen molar-refractivity contribution in [1.29, 1.82) is 0 Å². The van der Waals surface area contributed by atoms with Crippen molar-refractivity contribution in [2.45, 2.75) is 52.7 Å². The molecular formula is C20H22F5NO4. The number of halogens is 5. The molecule has 5 nitrogen and oxygen atoms in total. The quantitative estimate of drug-likeness (QED) is 0.186. The molecular weight excluding hydrogens is 413 g/mol. The molecule has 2 aromatic carbocycles. The van der Waals surface area contributed by atoms with Crippen molar-refractivity contribution in [3.8, 4) is 11.5 Å². The number of rotatable bonds is 3. The highest BCUT2D eigenvalue weighted by atomic mass is 19.2. The molecule has 30 heavy (non-hydrogen) atoms. The highest BCUT2D eigenvalue weighted by Crippen LogP contribution is 2.31. The van der Waals surface area contributed by atoms with Gasteiger partial charge in [-0.15, -0.1) is 0 Å². The molecule has 0 fully saturated rings. The number of non-ortho nitro benzene ring substituents is 1. The maximum absolute atomic E-state index is 13.1. The molecule has 0 radical (unpaired) electrons. The predicted octanol–water partition coefficient (Wildman–Crippen LogP) is 6.33. The van der Waals surface area contributed by atoms with E-state index in [2.05, 4.69) is 4.74 Å². The van der Waals surface area contributed by atoms with E-state index in [4.69, 9.17) is 4.74 Å². The van der Waals surface area contributed by atoms with Gasteiger partial charge in [0.2, 0.25) is 29.1 Å². The minimum atomic E-state index is -2.20. The van der Waals surface area contributed by atoms with Crippen LogP contribution < -0.4 is 9.47 Å². The molecule has 0 aliphatic rings. The zero-order valence-corrected chi connectivity index (χ0v) is 17.3. The van der Waals surface area contributed by atoms with Gasteiger partial charge in [-0.25, -0.2) is 13.2 Å². The molecule has 0 N–H and O–H groups in total. The first-order valence-corrected chi connectivity index (χ1v) is 8.67. The fourth-order valence-electron chi connectivity index (χ4n) is 1.97. The summed E-state index contributed by atoms with van der Waals surface area (Å²) in [5, 5.41) is 10.4. The molecule has 0 saturated heterocycles. The van der Waals surface area contributed by atoms with E-state index in [1.54, 1.807) is 12.1 Å². The summed E-state index contributed by atoms with van der Waals surface area (Å²) in [6.45, 7) is 10.0. The van der Waals surface area contributed by atoms with Crippen LogP contribution in [-0.2, 0) is 0 Å². The average molecular weight is 435 g/mol. The second-order valence-electron chi connectivity index (χ2n) is 8.08. The predicted molar refractivity (Wildman–Crippen MR) is 100 cm³/mol. The zero-order chi connectivity index (χ0) is 23.4. The summed E-state index contributed by atoms with van der Waals surface area (Å²) < 4.78 is 74.5. The SMILES string of the molecule is CC(C)(C)Oc1c(F)c(F)c(F)c(F)c1F.CC(C)(C)Oc1ccc([N+](=O)[O-])cc1. The number of hydrogen-bond acceptors (Lipinski definition) is 4. The molecule has 0 atom stereocenters. The topological polar surface area (TPSA) is 61.6 Å². The summed E-state index contributed by atoms with van der Waals surface area (Å²) in [6, 6.07) is 6.06. The summed E-state index contributed by atoms with van der Waals surface area (Å²) in [4.78, 5) is 9.93. The Balaban J connectivity index is 0.000000303. The van der Waals surface area contributed by atoms with Gasteiger partial charge in [0, 0.05) is 12.1 Å². The first-order chi connectivity index (χ1) is 13.5. The van der Waals surface area contributed by atoms with E-state index in [9.17, 15) is 32.1 Å². The van der Waals surface area contributed by atoms with Crippen LogP contribution in [0, 0.1) is 39.2 Å². The van der Waals surface area contributed by atoms with Crippen LogP contribution in [0.2, 0.25) is 0 Å². The summed E-state index contributed by atoms with van der Waals surface area (Å²) in [5.41, 5.74) is -1.28. The van der Waals surface area contributed by atoms with Gasteiger partial charge in [0.15, 0.2) is 5.75 Å². The second-order valence-corrected chi connectivity index (χ2v) is 8.08. The molecule has 166 valence electrons. The van der Waals surface area contributed by atoms with Gasteiger partial charge >= 0.3 is 0 Å². The standard InChI is InChI=1S/C10H9F5O.C10H13NO3/c1-10(2,3)16-9-7(14)5(12)4(11)6(13)8(9)15;1-10(2,3)14-9-6-4-8(5-7-9)11(12)13/h1-3H3;4-7H,1-3H3. The van der Waals surface area contributed by atoms with E-state index in [1.165, 1.54) is 32.9 Å². The molecule has 10 heteroatoms. The van der Waals surface area contributed by atoms with E-state index in [0.29, 0.717) is 5.75 Å². The summed E-state index contributed by atoms with van der Waals surface area (Å²) in [6.07, 6.45) is 0. The Kier molecular flexibility index (Phi) is 7.76. The third-order valence-electron chi connectivity index (χ3n) is 3.05. The molecule has 2 aromatic rings. The average Bonchev–Trinajstić information content (AvgIpc) is 2.61. The van der Waals surface area contributed by atoms with Gasteiger partial charge in [0.05, 0.1) is 4.92 Å². The van der Waals surface area contributed by atoms with Gasteiger partial charge in [-0.3, -0.25) is 10.1 Å². The van der Waals surface area contributed by atoms with E-state index in [1.807, 2.05) is 20.8 Å². The minimum absolute atomic E-state index is 0.0752. The second kappa shape index (κ2) is 9.27. The third-order valence-corrected chi connectivity index (χ3v) is 3.05. The van der Waals surface area contributed by atoms with E-state index < -0.39 is 45.4 Å². The van der Waals surface area contributed by atoms with Crippen LogP contribution in [0.1, 0.15) is 41.5 Å². The van der Waals surface area contributed by atoms with Crippen molar-refractivity contribution in [1.82, 2.24) is 0 Å². The van der Waals surface area contributed by atoms with Gasteiger partial charge in [-0.2, -0.15) is 8.78 Å². The van der Waals surface area contributed by atoms with Gasteiger partial charge in [-0.1, -0.05) is 0 Å². The summed E-state index contributed by atoms with van der Waals surface area (Å²) in [5.74, 6) is -10.8. The molecule has 0 aromatic heterocycles. The van der Waals surface area contributed by atoms with E-state index >= 15 is 0 Å². The highest BCUT2D eigenvalue weighted by molar-refractivity contribution is 5.36. The highest BCUT2D eigenvalue weighted by Gasteiger charge is 2.29. The maximum atomic E-state index is 13.1. The largest absolute Gasteiger partial charge is 0.488 e. The molecule has 0 aliphatic heterocycles. The van der Waals surface area contributed by atoms with Crippen LogP contribution in [0.4, 0.5) is 27.6 Å². The van der Waals surface area contributed by atoms with Crippen molar-refractivity contribution in [2.75, 3.05) is 0 Å². The molecule has 0 spiro atoms. The Morgan fingerprint density at radius 2 is 1.07 bits per heavy atom. The summed E-state index contributed by atoms with van der Waals surface area (Å²) >= 11 is 0. The maximum Gasteiger partial charge on any atom is 0.269 e. The zero-order valence-electron chi connectivity index (χ0n) is 17.3. The van der Waals surface area contributed by atoms with Crippen LogP contribution in [0.5, 0.6) is 11.5 Å². The van der Waals surface area contributed by atoms with Gasteiger partial charge in [0.25, 0.3) is 5.69 Å². The normalized spacial score (nSPS) is 11.4. The van der Waals surface area contributed by atoms with Gasteiger partial charge < -0.3 is 9.47 Å². The fraction of sp³-hybridized carbons (Fsp3) is 0.400. The lowest BCUT2D eigenvalue weighted by atomic mass is 10.2. The van der Waals surface area contributed by atoms with Crippen molar-refractivity contribution < 1.29 is 36.3 Å². The molecule has 0 amide bonds. The molecule has 0 bridgehead atoms. The molecule has 0 saturated carbocycles. The van der Waals surface area contributed by atoms with Crippen molar-refractivity contribution >= 4 is 5.69 Å². The Morgan fingerprint density at radius 1 is 0.700 bits per heavy atom. The third kappa shape index (κ3) is 7.16. The smallest absolute Gasteiger partial charge is 0.269 e. The van der Waals surface area contributed by atoms with Crippen LogP contribution in [-0.4, -0.2) is 16.1 Å². The Hall–Kier alpha value is -2.91. The summed E-state index contributed by atoms with van der Waals surface area (Å²) in [7, 11) is 0. The van der Waals surface area contributed by atoms with Gasteiger partial charge in [0.1, 0.15) is 17.0 Å². The monoisotopic (exact) mass is 435 g/mol. The fourth-order valence-corrected chi connectivity index (χ4v) is 1.97. The van der Waals surface area contributed by atoms with Crippen LogP contribution in [0.3, 0.4) is 0 Å². The number of ether oxygens (including phenoxy) is 2. The first-order valence-electron chi connectivity index (χ1n) is 8.67.